The fourth-order valence-corrected chi connectivity index (χ4v) is 8.70. The Kier molecular flexibility index (Phi) is 6.08. The third-order valence-electron chi connectivity index (χ3n) is 13.0. The molecule has 5 aliphatic rings. The lowest BCUT2D eigenvalue weighted by atomic mass is 9.66. The molecule has 3 aliphatic heterocycles. The summed E-state index contributed by atoms with van der Waals surface area (Å²) in [7, 11) is 1.44. The number of rotatable bonds is 5. The van der Waals surface area contributed by atoms with Crippen molar-refractivity contribution in [1.29, 1.82) is 0 Å². The van der Waals surface area contributed by atoms with E-state index in [1.165, 1.54) is 19.2 Å². The fraction of sp³-hybridized carbons (Fsp3) is 0.629. The van der Waals surface area contributed by atoms with Crippen molar-refractivity contribution in [2.45, 2.75) is 110 Å². The Hall–Kier alpha value is -4.09. The van der Waals surface area contributed by atoms with E-state index in [0.29, 0.717) is 18.2 Å². The van der Waals surface area contributed by atoms with E-state index >= 15 is 0 Å². The average Bonchev–Trinajstić information content (AvgIpc) is 3.46. The van der Waals surface area contributed by atoms with Gasteiger partial charge in [0.25, 0.3) is 0 Å². The van der Waals surface area contributed by atoms with E-state index in [1.54, 1.807) is 61.5 Å². The molecule has 12 heteroatoms. The molecule has 2 saturated heterocycles. The van der Waals surface area contributed by atoms with Crippen molar-refractivity contribution < 1.29 is 52.0 Å². The predicted octanol–water partition coefficient (Wildman–Crippen LogP) is 4.71. The van der Waals surface area contributed by atoms with Gasteiger partial charge in [0.1, 0.15) is 11.2 Å². The van der Waals surface area contributed by atoms with E-state index in [-0.39, 0.29) is 35.5 Å². The summed E-state index contributed by atoms with van der Waals surface area (Å²) in [6.07, 6.45) is -1.48. The Morgan fingerprint density at radius 3 is 1.74 bits per heavy atom. The predicted molar refractivity (Wildman–Crippen MR) is 162 cm³/mol. The van der Waals surface area contributed by atoms with Gasteiger partial charge in [-0.3, -0.25) is 9.59 Å². The van der Waals surface area contributed by atoms with Gasteiger partial charge in [-0.1, -0.05) is 27.7 Å². The van der Waals surface area contributed by atoms with E-state index in [2.05, 4.69) is 0 Å². The number of methoxy groups -OCH3 is 1. The topological polar surface area (TPSA) is 154 Å². The maximum Gasteiger partial charge on any atom is 0.351 e. The number of carbonyl (C=O) groups excluding carboxylic acids is 4. The lowest BCUT2D eigenvalue weighted by Crippen LogP contribution is -2.57. The fourth-order valence-electron chi connectivity index (χ4n) is 8.70. The Morgan fingerprint density at radius 1 is 0.745 bits per heavy atom. The van der Waals surface area contributed by atoms with Gasteiger partial charge in [0.15, 0.2) is 23.7 Å². The number of fused-ring (bicyclic) bond motifs is 7. The van der Waals surface area contributed by atoms with Crippen LogP contribution >= 0.6 is 0 Å². The molecule has 0 unspecified atom stereocenters. The summed E-state index contributed by atoms with van der Waals surface area (Å²) >= 11 is 0. The van der Waals surface area contributed by atoms with Crippen LogP contribution in [0, 0.1) is 21.7 Å². The summed E-state index contributed by atoms with van der Waals surface area (Å²) in [5.41, 5.74) is -8.80. The zero-order chi connectivity index (χ0) is 34.3. The van der Waals surface area contributed by atoms with Crippen molar-refractivity contribution in [3.05, 3.63) is 34.2 Å². The number of carbonyl (C=O) groups is 4. The minimum absolute atomic E-state index is 0.0401. The molecule has 2 aliphatic carbocycles. The van der Waals surface area contributed by atoms with Crippen molar-refractivity contribution >= 4 is 34.8 Å². The van der Waals surface area contributed by atoms with Crippen LogP contribution in [0.2, 0.25) is 0 Å². The molecule has 2 saturated carbocycles. The van der Waals surface area contributed by atoms with Gasteiger partial charge in [0, 0.05) is 22.3 Å². The molecule has 12 nitrogen and oxygen atoms in total. The molecule has 0 N–H and O–H groups in total. The van der Waals surface area contributed by atoms with Crippen LogP contribution in [0.25, 0.3) is 11.0 Å². The van der Waals surface area contributed by atoms with Gasteiger partial charge < -0.3 is 32.8 Å². The van der Waals surface area contributed by atoms with Crippen LogP contribution < -0.4 is 15.1 Å². The number of ether oxygens (including phenoxy) is 6. The molecular formula is C35H40O12. The molecule has 1 aromatic heterocycles. The summed E-state index contributed by atoms with van der Waals surface area (Å²) in [5, 5.41) is 0.435. The minimum atomic E-state index is -1.62. The van der Waals surface area contributed by atoms with E-state index in [1.807, 2.05) is 0 Å². The van der Waals surface area contributed by atoms with Gasteiger partial charge in [-0.15, -0.1) is 0 Å². The van der Waals surface area contributed by atoms with Gasteiger partial charge in [-0.05, 0) is 65.5 Å². The first-order chi connectivity index (χ1) is 21.7. The van der Waals surface area contributed by atoms with Crippen molar-refractivity contribution in [2.75, 3.05) is 7.11 Å². The van der Waals surface area contributed by atoms with Crippen molar-refractivity contribution in [1.82, 2.24) is 0 Å². The minimum Gasteiger partial charge on any atom is -0.493 e. The Morgan fingerprint density at radius 2 is 1.28 bits per heavy atom. The molecule has 0 radical (unpaired) electrons. The average molecular weight is 653 g/mol. The zero-order valence-corrected chi connectivity index (χ0v) is 28.1. The highest BCUT2D eigenvalue weighted by atomic mass is 16.7. The standard InChI is InChI=1S/C35H40O12/c1-29(2)24(44-28(40)35-15-13-33(8,26(38)47-35)31(35,5)6)23(43-27(39)34-14-12-32(7,25(37)46-34)30(34,3)4)20-21-17(10-11-19(36)42-21)16-18(41-9)22(20)45-29/h10-11,16,23-24H,12-15H2,1-9H3/t23-,24-,32-,33-,34-,35-/m1/s1. The second-order valence-electron chi connectivity index (χ2n) is 15.7. The van der Waals surface area contributed by atoms with Crippen LogP contribution in [0.1, 0.15) is 92.7 Å². The molecule has 0 spiro atoms. The Labute approximate surface area is 271 Å². The highest BCUT2D eigenvalue weighted by Gasteiger charge is 2.78. The van der Waals surface area contributed by atoms with Crippen LogP contribution in [0.15, 0.2) is 27.4 Å². The number of hydrogen-bond acceptors (Lipinski definition) is 12. The largest absolute Gasteiger partial charge is 0.493 e. The smallest absolute Gasteiger partial charge is 0.351 e. The van der Waals surface area contributed by atoms with Crippen LogP contribution in [-0.4, -0.2) is 53.9 Å². The van der Waals surface area contributed by atoms with Gasteiger partial charge in [0.2, 0.25) is 11.2 Å². The normalized spacial score (nSPS) is 36.7. The third kappa shape index (κ3) is 3.51. The van der Waals surface area contributed by atoms with Crippen molar-refractivity contribution in [2.24, 2.45) is 21.7 Å². The van der Waals surface area contributed by atoms with Gasteiger partial charge >= 0.3 is 29.5 Å². The zero-order valence-electron chi connectivity index (χ0n) is 28.1. The molecule has 4 bridgehead atoms. The van der Waals surface area contributed by atoms with Gasteiger partial charge in [-0.25, -0.2) is 14.4 Å². The monoisotopic (exact) mass is 652 g/mol. The highest BCUT2D eigenvalue weighted by molar-refractivity contribution is 5.95. The van der Waals surface area contributed by atoms with Crippen LogP contribution in [-0.2, 0) is 38.1 Å². The third-order valence-corrected chi connectivity index (χ3v) is 13.0. The first kappa shape index (κ1) is 31.5. The van der Waals surface area contributed by atoms with E-state index in [0.717, 1.165) is 0 Å². The van der Waals surface area contributed by atoms with E-state index in [4.69, 9.17) is 32.8 Å². The molecule has 4 fully saturated rings. The molecule has 47 heavy (non-hydrogen) atoms. The first-order valence-electron chi connectivity index (χ1n) is 16.0. The quantitative estimate of drug-likeness (QED) is 0.250. The second kappa shape index (κ2) is 9.08. The lowest BCUT2D eigenvalue weighted by Gasteiger charge is -2.46. The maximum absolute atomic E-state index is 14.5. The molecule has 252 valence electrons. The molecule has 6 atom stereocenters. The highest BCUT2D eigenvalue weighted by Crippen LogP contribution is 2.68. The van der Waals surface area contributed by atoms with Gasteiger partial charge in [-0.2, -0.15) is 0 Å². The Balaban J connectivity index is 1.39. The van der Waals surface area contributed by atoms with Crippen molar-refractivity contribution in [3.63, 3.8) is 0 Å². The first-order valence-corrected chi connectivity index (χ1v) is 16.0. The summed E-state index contributed by atoms with van der Waals surface area (Å²) in [4.78, 5) is 67.6. The summed E-state index contributed by atoms with van der Waals surface area (Å²) in [5.74, 6) is -2.23. The molecule has 0 amide bonds. The molecule has 7 rings (SSSR count). The molecule has 2 aromatic rings. The number of benzene rings is 1. The van der Waals surface area contributed by atoms with Crippen molar-refractivity contribution in [3.8, 4) is 11.5 Å². The molecule has 1 aromatic carbocycles. The van der Waals surface area contributed by atoms with Crippen LogP contribution in [0.3, 0.4) is 0 Å². The van der Waals surface area contributed by atoms with Gasteiger partial charge in [0.05, 0.1) is 23.5 Å². The number of esters is 4. The SMILES string of the molecule is COc1cc2ccc(=O)oc2c2c1OC(C)(C)[C@H](OC(=O)[C@@]13CC[C@](C)(C(=O)O1)C3(C)C)[C@@H]2OC(=O)[C@@]12CC[C@](C)(C(=O)O1)C2(C)C. The summed E-state index contributed by atoms with van der Waals surface area (Å²) in [6.45, 7) is 14.1. The number of hydrogen-bond donors (Lipinski definition) is 0. The maximum atomic E-state index is 14.5. The van der Waals surface area contributed by atoms with E-state index in [9.17, 15) is 24.0 Å². The van der Waals surface area contributed by atoms with E-state index < -0.39 is 80.2 Å². The second-order valence-corrected chi connectivity index (χ2v) is 15.7. The molecular weight excluding hydrogens is 612 g/mol. The van der Waals surface area contributed by atoms with Crippen LogP contribution in [0.5, 0.6) is 11.5 Å². The summed E-state index contributed by atoms with van der Waals surface area (Å²) < 4.78 is 42.2. The summed E-state index contributed by atoms with van der Waals surface area (Å²) in [6, 6.07) is 4.40. The van der Waals surface area contributed by atoms with Crippen LogP contribution in [0.4, 0.5) is 0 Å². The lowest BCUT2D eigenvalue weighted by molar-refractivity contribution is -0.217. The molecule has 4 heterocycles. The Bertz CT molecular complexity index is 1850.